The average molecular weight is 388 g/mol. The molecule has 2 rings (SSSR count). The zero-order chi connectivity index (χ0) is 20.7. The SMILES string of the molecule is C=C1/C=N\N(CCCC)C/C=C\C=C/1NC1=NCC(N)C(C)(F)C=C1C(N)=O. The van der Waals surface area contributed by atoms with E-state index in [1.807, 2.05) is 17.2 Å². The Hall–Kier alpha value is -2.74. The number of nitrogens with one attached hydrogen (secondary N) is 1. The van der Waals surface area contributed by atoms with E-state index < -0.39 is 17.6 Å². The Morgan fingerprint density at radius 2 is 2.29 bits per heavy atom. The summed E-state index contributed by atoms with van der Waals surface area (Å²) in [5.74, 6) is -0.617. The zero-order valence-electron chi connectivity index (χ0n) is 16.5. The molecule has 0 bridgehead atoms. The maximum atomic E-state index is 14.7. The molecule has 2 atom stereocenters. The smallest absolute Gasteiger partial charge is 0.252 e. The second-order valence-electron chi connectivity index (χ2n) is 7.04. The number of allylic oxidation sites excluding steroid dienone is 3. The molecule has 2 aliphatic rings. The highest BCUT2D eigenvalue weighted by Crippen LogP contribution is 2.22. The van der Waals surface area contributed by atoms with Crippen molar-refractivity contribution < 1.29 is 9.18 Å². The summed E-state index contributed by atoms with van der Waals surface area (Å²) in [5, 5.41) is 9.47. The van der Waals surface area contributed by atoms with E-state index >= 15 is 0 Å². The van der Waals surface area contributed by atoms with Crippen molar-refractivity contribution in [3.05, 3.63) is 47.7 Å². The van der Waals surface area contributed by atoms with Crippen LogP contribution in [-0.4, -0.2) is 54.3 Å². The summed E-state index contributed by atoms with van der Waals surface area (Å²) in [6, 6.07) is -0.882. The van der Waals surface area contributed by atoms with Crippen LogP contribution in [0.5, 0.6) is 0 Å². The quantitative estimate of drug-likeness (QED) is 0.664. The van der Waals surface area contributed by atoms with Gasteiger partial charge >= 0.3 is 0 Å². The number of nitrogens with zero attached hydrogens (tertiary/aromatic N) is 3. The Kier molecular flexibility index (Phi) is 7.28. The molecule has 8 heteroatoms. The Morgan fingerprint density at radius 3 is 2.96 bits per heavy atom. The zero-order valence-corrected chi connectivity index (χ0v) is 16.5. The monoisotopic (exact) mass is 388 g/mol. The first-order valence-corrected chi connectivity index (χ1v) is 9.38. The van der Waals surface area contributed by atoms with Crippen LogP contribution in [0.4, 0.5) is 4.39 Å². The van der Waals surface area contributed by atoms with Crippen LogP contribution >= 0.6 is 0 Å². The van der Waals surface area contributed by atoms with E-state index in [-0.39, 0.29) is 18.0 Å². The van der Waals surface area contributed by atoms with E-state index in [1.54, 1.807) is 12.3 Å². The van der Waals surface area contributed by atoms with Crippen LogP contribution in [0.15, 0.2) is 57.8 Å². The fourth-order valence-electron chi connectivity index (χ4n) is 2.67. The molecule has 2 heterocycles. The van der Waals surface area contributed by atoms with Crippen LogP contribution in [0, 0.1) is 0 Å². The van der Waals surface area contributed by atoms with Crippen molar-refractivity contribution in [2.75, 3.05) is 19.6 Å². The minimum absolute atomic E-state index is 0.0110. The minimum Gasteiger partial charge on any atom is -0.365 e. The number of hydrogen-bond donors (Lipinski definition) is 3. The normalized spacial score (nSPS) is 29.9. The molecular formula is C20H29FN6O. The number of alkyl halides is 1. The van der Waals surface area contributed by atoms with Crippen molar-refractivity contribution >= 4 is 18.0 Å². The lowest BCUT2D eigenvalue weighted by molar-refractivity contribution is -0.114. The van der Waals surface area contributed by atoms with Crippen molar-refractivity contribution in [2.45, 2.75) is 38.4 Å². The Balaban J connectivity index is 2.27. The van der Waals surface area contributed by atoms with Gasteiger partial charge in [0.15, 0.2) is 0 Å². The molecule has 1 amide bonds. The number of hydrogen-bond acceptors (Lipinski definition) is 6. The fraction of sp³-hybridized carbons (Fsp3) is 0.450. The fourth-order valence-corrected chi connectivity index (χ4v) is 2.67. The lowest BCUT2D eigenvalue weighted by atomic mass is 9.97. The van der Waals surface area contributed by atoms with Crippen LogP contribution in [0.3, 0.4) is 0 Å². The summed E-state index contributed by atoms with van der Waals surface area (Å²) in [6.45, 7) is 8.99. The Morgan fingerprint density at radius 1 is 1.54 bits per heavy atom. The Bertz CT molecular complexity index is 763. The van der Waals surface area contributed by atoms with E-state index in [0.717, 1.165) is 25.5 Å². The molecule has 0 radical (unpaired) electrons. The van der Waals surface area contributed by atoms with E-state index in [0.29, 0.717) is 17.8 Å². The molecule has 0 spiro atoms. The van der Waals surface area contributed by atoms with Gasteiger partial charge in [0.1, 0.15) is 11.5 Å². The lowest BCUT2D eigenvalue weighted by Crippen LogP contribution is -2.42. The van der Waals surface area contributed by atoms with Gasteiger partial charge in [-0.3, -0.25) is 14.8 Å². The van der Waals surface area contributed by atoms with Crippen molar-refractivity contribution in [3.63, 3.8) is 0 Å². The molecule has 28 heavy (non-hydrogen) atoms. The van der Waals surface area contributed by atoms with Gasteiger partial charge in [-0.15, -0.1) is 0 Å². The molecule has 0 aromatic rings. The predicted molar refractivity (Wildman–Crippen MR) is 112 cm³/mol. The highest BCUT2D eigenvalue weighted by Gasteiger charge is 2.34. The third-order valence-corrected chi connectivity index (χ3v) is 4.58. The topological polar surface area (TPSA) is 109 Å². The first-order chi connectivity index (χ1) is 13.2. The molecule has 0 aromatic carbocycles. The van der Waals surface area contributed by atoms with Gasteiger partial charge in [0.05, 0.1) is 30.9 Å². The highest BCUT2D eigenvalue weighted by atomic mass is 19.1. The van der Waals surface area contributed by atoms with Crippen molar-refractivity contribution in [1.82, 2.24) is 10.3 Å². The number of unbranched alkanes of at least 4 members (excludes halogenated alkanes) is 1. The number of amides is 1. The first kappa shape index (κ1) is 21.6. The van der Waals surface area contributed by atoms with Gasteiger partial charge in [0.2, 0.25) is 0 Å². The number of carbonyl (C=O) groups excluding carboxylic acids is 1. The second-order valence-corrected chi connectivity index (χ2v) is 7.04. The van der Waals surface area contributed by atoms with Gasteiger partial charge in [-0.25, -0.2) is 4.39 Å². The van der Waals surface area contributed by atoms with Gasteiger partial charge in [0.25, 0.3) is 5.91 Å². The number of primary amides is 1. The molecular weight excluding hydrogens is 359 g/mol. The maximum absolute atomic E-state index is 14.7. The number of halogens is 1. The summed E-state index contributed by atoms with van der Waals surface area (Å²) in [7, 11) is 0. The number of hydrazone groups is 1. The molecule has 2 unspecified atom stereocenters. The van der Waals surface area contributed by atoms with Crippen LogP contribution in [0.2, 0.25) is 0 Å². The van der Waals surface area contributed by atoms with Gasteiger partial charge in [-0.2, -0.15) is 5.10 Å². The van der Waals surface area contributed by atoms with Gasteiger partial charge in [-0.05, 0) is 25.5 Å². The third kappa shape index (κ3) is 5.63. The summed E-state index contributed by atoms with van der Waals surface area (Å²) in [5.41, 5.74) is 10.5. The number of aliphatic imine (C=N–C) groups is 1. The van der Waals surface area contributed by atoms with Crippen LogP contribution in [-0.2, 0) is 4.79 Å². The summed E-state index contributed by atoms with van der Waals surface area (Å²) in [4.78, 5) is 16.2. The number of rotatable bonds is 5. The maximum Gasteiger partial charge on any atom is 0.252 e. The minimum atomic E-state index is -1.90. The highest BCUT2D eigenvalue weighted by molar-refractivity contribution is 6.21. The first-order valence-electron chi connectivity index (χ1n) is 9.38. The van der Waals surface area contributed by atoms with E-state index in [1.165, 1.54) is 6.92 Å². The molecule has 0 fully saturated rings. The molecule has 0 aliphatic carbocycles. The molecule has 0 saturated heterocycles. The van der Waals surface area contributed by atoms with Gasteiger partial charge in [-0.1, -0.05) is 32.1 Å². The van der Waals surface area contributed by atoms with E-state index in [2.05, 4.69) is 28.9 Å². The van der Waals surface area contributed by atoms with Crippen LogP contribution in [0.1, 0.15) is 26.7 Å². The Labute approximate surface area is 165 Å². The summed E-state index contributed by atoms with van der Waals surface area (Å²) < 4.78 is 14.7. The summed E-state index contributed by atoms with van der Waals surface area (Å²) >= 11 is 0. The molecule has 2 aliphatic heterocycles. The van der Waals surface area contributed by atoms with Crippen molar-refractivity contribution in [1.29, 1.82) is 0 Å². The van der Waals surface area contributed by atoms with Gasteiger partial charge in [0, 0.05) is 17.8 Å². The van der Waals surface area contributed by atoms with Gasteiger partial charge < -0.3 is 16.8 Å². The average Bonchev–Trinajstić information content (AvgIpc) is 2.70. The number of carbonyl (C=O) groups is 1. The largest absolute Gasteiger partial charge is 0.365 e. The third-order valence-electron chi connectivity index (χ3n) is 4.58. The predicted octanol–water partition coefficient (Wildman–Crippen LogP) is 1.55. The lowest BCUT2D eigenvalue weighted by Gasteiger charge is -2.21. The molecule has 0 saturated carbocycles. The number of amidine groups is 1. The molecule has 152 valence electrons. The van der Waals surface area contributed by atoms with E-state index in [4.69, 9.17) is 11.5 Å². The summed E-state index contributed by atoms with van der Waals surface area (Å²) in [6.07, 6.45) is 10.6. The molecule has 0 aromatic heterocycles. The molecule has 7 nitrogen and oxygen atoms in total. The second kappa shape index (κ2) is 9.45. The molecule has 5 N–H and O–H groups in total. The van der Waals surface area contributed by atoms with Crippen molar-refractivity contribution in [2.24, 2.45) is 21.6 Å². The van der Waals surface area contributed by atoms with Crippen LogP contribution in [0.25, 0.3) is 0 Å². The van der Waals surface area contributed by atoms with Crippen LogP contribution < -0.4 is 16.8 Å². The van der Waals surface area contributed by atoms with Crippen molar-refractivity contribution in [3.8, 4) is 0 Å². The number of nitrogens with two attached hydrogens (primary N) is 2. The standard InChI is InChI=1S/C20H29FN6O/c1-4-5-9-27-10-7-6-8-16(14(2)12-25-27)26-19-15(18(23)28)11-20(3,21)17(22)13-24-19/h6-8,11-12,17H,2,4-5,9-10,13,22H2,1,3H3,(H2,23,28)(H,24,26)/b7-6-,16-8+,25-12-. The van der Waals surface area contributed by atoms with E-state index in [9.17, 15) is 9.18 Å².